The van der Waals surface area contributed by atoms with Crippen LogP contribution in [0, 0.1) is 6.92 Å². The van der Waals surface area contributed by atoms with Gasteiger partial charge in [-0.25, -0.2) is 0 Å². The number of nitrogens with zero attached hydrogens (tertiary/aromatic N) is 1. The number of aromatic nitrogens is 1. The molecule has 0 unspecified atom stereocenters. The van der Waals surface area contributed by atoms with Crippen LogP contribution in [0.5, 0.6) is 11.5 Å². The van der Waals surface area contributed by atoms with Crippen molar-refractivity contribution < 1.29 is 9.47 Å². The summed E-state index contributed by atoms with van der Waals surface area (Å²) in [4.78, 5) is 3.91. The molecule has 1 aliphatic heterocycles. The van der Waals surface area contributed by atoms with E-state index in [1.807, 2.05) is 0 Å². The van der Waals surface area contributed by atoms with Crippen LogP contribution in [0.3, 0.4) is 0 Å². The van der Waals surface area contributed by atoms with Gasteiger partial charge in [-0.05, 0) is 0 Å². The summed E-state index contributed by atoms with van der Waals surface area (Å²) in [5.41, 5.74) is 0.458. The zero-order chi connectivity index (χ0) is 8.39. The van der Waals surface area contributed by atoms with Crippen LogP contribution in [0.1, 0.15) is 12.1 Å². The van der Waals surface area contributed by atoms with E-state index in [2.05, 4.69) is 4.98 Å². The number of pyridine rings is 1. The molecule has 0 bridgehead atoms. The number of hydrogen-bond donors (Lipinski definition) is 0. The Balaban J connectivity index is 2.36. The molecule has 3 heteroatoms. The van der Waals surface area contributed by atoms with E-state index in [1.54, 1.807) is 12.3 Å². The summed E-state index contributed by atoms with van der Waals surface area (Å²) in [6, 6.07) is 1.68. The predicted octanol–water partition coefficient (Wildman–Crippen LogP) is 1.30. The molecule has 2 radical (unpaired) electrons. The van der Waals surface area contributed by atoms with E-state index in [-0.39, 0.29) is 0 Å². The average Bonchev–Trinajstić information content (AvgIpc) is 2.28. The third-order valence-electron chi connectivity index (χ3n) is 1.66. The SMILES string of the molecule is [CH]c1cc2c(cn1)OCCCO2. The van der Waals surface area contributed by atoms with Crippen LogP contribution in [0.15, 0.2) is 12.3 Å². The summed E-state index contributed by atoms with van der Waals surface area (Å²) < 4.78 is 10.7. The Labute approximate surface area is 71.3 Å². The molecule has 3 nitrogen and oxygen atoms in total. The molecule has 0 aliphatic carbocycles. The summed E-state index contributed by atoms with van der Waals surface area (Å²) in [7, 11) is 0. The zero-order valence-electron chi connectivity index (χ0n) is 6.62. The number of fused-ring (bicyclic) bond motifs is 1. The van der Waals surface area contributed by atoms with Crippen molar-refractivity contribution >= 4 is 0 Å². The van der Waals surface area contributed by atoms with E-state index in [1.165, 1.54) is 0 Å². The lowest BCUT2D eigenvalue weighted by atomic mass is 10.3. The Kier molecular flexibility index (Phi) is 1.86. The van der Waals surface area contributed by atoms with Crippen molar-refractivity contribution in [3.05, 3.63) is 24.9 Å². The van der Waals surface area contributed by atoms with Crippen molar-refractivity contribution in [1.82, 2.24) is 4.98 Å². The summed E-state index contributed by atoms with van der Waals surface area (Å²) in [6.45, 7) is 6.84. The van der Waals surface area contributed by atoms with E-state index >= 15 is 0 Å². The molecule has 0 saturated heterocycles. The van der Waals surface area contributed by atoms with Gasteiger partial charge in [0.1, 0.15) is 0 Å². The lowest BCUT2D eigenvalue weighted by Crippen LogP contribution is -1.97. The lowest BCUT2D eigenvalue weighted by molar-refractivity contribution is 0.296. The maximum absolute atomic E-state index is 5.49. The van der Waals surface area contributed by atoms with Gasteiger partial charge in [0.2, 0.25) is 0 Å². The van der Waals surface area contributed by atoms with Crippen molar-refractivity contribution in [2.75, 3.05) is 13.2 Å². The van der Waals surface area contributed by atoms with Gasteiger partial charge in [0.25, 0.3) is 0 Å². The highest BCUT2D eigenvalue weighted by molar-refractivity contribution is 5.39. The third kappa shape index (κ3) is 1.35. The molecule has 2 rings (SSSR count). The fraction of sp³-hybridized carbons (Fsp3) is 0.333. The highest BCUT2D eigenvalue weighted by Gasteiger charge is 2.09. The molecule has 1 aromatic rings. The van der Waals surface area contributed by atoms with Gasteiger partial charge in [-0.3, -0.25) is 4.98 Å². The van der Waals surface area contributed by atoms with Crippen LogP contribution in [-0.4, -0.2) is 18.2 Å². The molecular formula is C9H9NO2. The number of rotatable bonds is 0. The van der Waals surface area contributed by atoms with Crippen LogP contribution in [0.25, 0.3) is 0 Å². The second-order valence-electron chi connectivity index (χ2n) is 2.61. The molecule has 0 saturated carbocycles. The van der Waals surface area contributed by atoms with E-state index in [0.717, 1.165) is 6.42 Å². The molecule has 2 heterocycles. The first-order chi connectivity index (χ1) is 5.86. The third-order valence-corrected chi connectivity index (χ3v) is 1.66. The smallest absolute Gasteiger partial charge is 0.179 e. The Bertz CT molecular complexity index is 286. The Morgan fingerprint density at radius 3 is 2.83 bits per heavy atom. The summed E-state index contributed by atoms with van der Waals surface area (Å²) in [5.74, 6) is 1.38. The van der Waals surface area contributed by atoms with Gasteiger partial charge in [0, 0.05) is 25.1 Å². The largest absolute Gasteiger partial charge is 0.489 e. The second-order valence-corrected chi connectivity index (χ2v) is 2.61. The summed E-state index contributed by atoms with van der Waals surface area (Å²) in [5, 5.41) is 0. The molecule has 1 aliphatic rings. The monoisotopic (exact) mass is 163 g/mol. The first kappa shape index (κ1) is 7.40. The van der Waals surface area contributed by atoms with E-state index < -0.39 is 0 Å². The van der Waals surface area contributed by atoms with Crippen molar-refractivity contribution in [3.63, 3.8) is 0 Å². The van der Waals surface area contributed by atoms with Crippen LogP contribution in [0.2, 0.25) is 0 Å². The van der Waals surface area contributed by atoms with Gasteiger partial charge >= 0.3 is 0 Å². The van der Waals surface area contributed by atoms with Gasteiger partial charge in [-0.15, -0.1) is 0 Å². The molecule has 0 atom stereocenters. The molecule has 62 valence electrons. The van der Waals surface area contributed by atoms with Crippen molar-refractivity contribution in [2.45, 2.75) is 6.42 Å². The Morgan fingerprint density at radius 1 is 1.25 bits per heavy atom. The van der Waals surface area contributed by atoms with Gasteiger partial charge < -0.3 is 9.47 Å². The first-order valence-corrected chi connectivity index (χ1v) is 3.87. The van der Waals surface area contributed by atoms with Crippen LogP contribution in [0.4, 0.5) is 0 Å². The normalized spacial score (nSPS) is 15.4. The van der Waals surface area contributed by atoms with E-state index in [4.69, 9.17) is 16.4 Å². The van der Waals surface area contributed by atoms with Gasteiger partial charge in [-0.1, -0.05) is 0 Å². The predicted molar refractivity (Wildman–Crippen MR) is 43.2 cm³/mol. The van der Waals surface area contributed by atoms with Crippen LogP contribution < -0.4 is 9.47 Å². The molecule has 1 aromatic heterocycles. The highest BCUT2D eigenvalue weighted by atomic mass is 16.5. The molecular weight excluding hydrogens is 154 g/mol. The Morgan fingerprint density at radius 2 is 2.00 bits per heavy atom. The van der Waals surface area contributed by atoms with Gasteiger partial charge in [0.05, 0.1) is 19.4 Å². The second kappa shape index (κ2) is 3.01. The quantitative estimate of drug-likeness (QED) is 0.577. The topological polar surface area (TPSA) is 31.4 Å². The maximum atomic E-state index is 5.49. The zero-order valence-corrected chi connectivity index (χ0v) is 6.62. The number of hydrogen-bond acceptors (Lipinski definition) is 3. The van der Waals surface area contributed by atoms with E-state index in [9.17, 15) is 0 Å². The minimum absolute atomic E-state index is 0.458. The fourth-order valence-electron chi connectivity index (χ4n) is 1.08. The van der Waals surface area contributed by atoms with Crippen molar-refractivity contribution in [1.29, 1.82) is 0 Å². The number of ether oxygens (including phenoxy) is 2. The summed E-state index contributed by atoms with van der Waals surface area (Å²) in [6.07, 6.45) is 2.49. The molecule has 0 N–H and O–H groups in total. The Hall–Kier alpha value is -1.25. The molecule has 0 aromatic carbocycles. The molecule has 0 spiro atoms. The van der Waals surface area contributed by atoms with Gasteiger partial charge in [0.15, 0.2) is 11.5 Å². The lowest BCUT2D eigenvalue weighted by Gasteiger charge is -2.05. The first-order valence-electron chi connectivity index (χ1n) is 3.87. The van der Waals surface area contributed by atoms with E-state index in [0.29, 0.717) is 30.4 Å². The fourth-order valence-corrected chi connectivity index (χ4v) is 1.08. The molecule has 12 heavy (non-hydrogen) atoms. The van der Waals surface area contributed by atoms with Crippen molar-refractivity contribution in [3.8, 4) is 11.5 Å². The molecule has 0 amide bonds. The molecule has 0 fully saturated rings. The minimum Gasteiger partial charge on any atom is -0.489 e. The van der Waals surface area contributed by atoms with Crippen molar-refractivity contribution in [2.24, 2.45) is 0 Å². The minimum atomic E-state index is 0.458. The van der Waals surface area contributed by atoms with Crippen LogP contribution >= 0.6 is 0 Å². The average molecular weight is 163 g/mol. The summed E-state index contributed by atoms with van der Waals surface area (Å²) >= 11 is 0. The maximum Gasteiger partial charge on any atom is 0.179 e. The highest BCUT2D eigenvalue weighted by Crippen LogP contribution is 2.28. The van der Waals surface area contributed by atoms with Gasteiger partial charge in [-0.2, -0.15) is 0 Å². The van der Waals surface area contributed by atoms with Crippen LogP contribution in [-0.2, 0) is 0 Å². The standard InChI is InChI=1S/C9H9NO2/c1-7-5-8-9(6-10-7)12-4-2-3-11-8/h1,5-6H,2-4H2.